The van der Waals surface area contributed by atoms with Gasteiger partial charge in [0.2, 0.25) is 0 Å². The number of hydrogen-bond donors (Lipinski definition) is 2. The summed E-state index contributed by atoms with van der Waals surface area (Å²) in [5, 5.41) is 32.2. The van der Waals surface area contributed by atoms with Crippen LogP contribution in [-0.4, -0.2) is 50.5 Å². The van der Waals surface area contributed by atoms with Crippen molar-refractivity contribution in [2.45, 2.75) is 25.7 Å². The Bertz CT molecular complexity index is 1160. The fourth-order valence-electron chi connectivity index (χ4n) is 3.64. The Morgan fingerprint density at radius 2 is 1.36 bits per heavy atom. The molecular formula is C24H30N4O8. The molecule has 0 bridgehead atoms. The maximum atomic E-state index is 11.8. The van der Waals surface area contributed by atoms with Crippen molar-refractivity contribution in [1.29, 1.82) is 5.41 Å². The van der Waals surface area contributed by atoms with E-state index in [9.17, 15) is 20.2 Å². The fraction of sp³-hybridized carbons (Fsp3) is 0.375. The number of rotatable bonds is 14. The molecule has 3 N–H and O–H groups in total. The number of unbranched alkanes of at least 4 members (excludes halogenated alkanes) is 1. The molecule has 0 atom stereocenters. The molecule has 0 saturated carbocycles. The number of nitro groups is 2. The zero-order valence-electron chi connectivity index (χ0n) is 20.7. The van der Waals surface area contributed by atoms with Gasteiger partial charge in [0, 0.05) is 17.7 Å². The first-order chi connectivity index (χ1) is 17.2. The zero-order chi connectivity index (χ0) is 26.8. The minimum Gasteiger partial charge on any atom is -0.493 e. The topological polar surface area (TPSA) is 173 Å². The molecule has 0 fully saturated rings. The van der Waals surface area contributed by atoms with Gasteiger partial charge in [-0.05, 0) is 49.6 Å². The van der Waals surface area contributed by atoms with E-state index in [1.807, 2.05) is 0 Å². The van der Waals surface area contributed by atoms with E-state index in [2.05, 4.69) is 0 Å². The predicted octanol–water partition coefficient (Wildman–Crippen LogP) is 4.31. The largest absolute Gasteiger partial charge is 0.493 e. The monoisotopic (exact) mass is 502 g/mol. The Kier molecular flexibility index (Phi) is 10.2. The molecule has 0 aliphatic carbocycles. The molecule has 0 radical (unpaired) electrons. The van der Waals surface area contributed by atoms with Crippen molar-refractivity contribution >= 4 is 23.2 Å². The van der Waals surface area contributed by atoms with Crippen molar-refractivity contribution in [3.63, 3.8) is 0 Å². The van der Waals surface area contributed by atoms with Crippen LogP contribution in [-0.2, 0) is 6.42 Å². The third-order valence-electron chi connectivity index (χ3n) is 5.50. The maximum Gasteiger partial charge on any atom is 0.280 e. The number of methoxy groups -OCH3 is 4. The van der Waals surface area contributed by atoms with Crippen molar-refractivity contribution in [2.75, 3.05) is 35.0 Å². The normalized spacial score (nSPS) is 11.1. The van der Waals surface area contributed by atoms with Gasteiger partial charge in [-0.1, -0.05) is 0 Å². The number of nitrogens with two attached hydrogens (primary N) is 1. The Morgan fingerprint density at radius 3 is 1.86 bits per heavy atom. The lowest BCUT2D eigenvalue weighted by atomic mass is 9.94. The molecule has 0 saturated heterocycles. The number of benzene rings is 2. The summed E-state index contributed by atoms with van der Waals surface area (Å²) in [5.74, 6) is 0.967. The predicted molar refractivity (Wildman–Crippen MR) is 135 cm³/mol. The number of nitrogens with zero attached hydrogens (tertiary/aromatic N) is 2. The van der Waals surface area contributed by atoms with Crippen LogP contribution in [0.2, 0.25) is 0 Å². The average Bonchev–Trinajstić information content (AvgIpc) is 2.86. The third-order valence-corrected chi connectivity index (χ3v) is 5.50. The second-order valence-electron chi connectivity index (χ2n) is 7.69. The Morgan fingerprint density at radius 1 is 0.861 bits per heavy atom. The maximum absolute atomic E-state index is 11.8. The van der Waals surface area contributed by atoms with Gasteiger partial charge in [0.25, 0.3) is 11.4 Å². The first kappa shape index (κ1) is 28.1. The molecule has 0 aliphatic heterocycles. The summed E-state index contributed by atoms with van der Waals surface area (Å²) in [7, 11) is 5.57. The van der Waals surface area contributed by atoms with E-state index in [0.717, 1.165) is 0 Å². The van der Waals surface area contributed by atoms with Gasteiger partial charge in [-0.15, -0.1) is 0 Å². The summed E-state index contributed by atoms with van der Waals surface area (Å²) < 4.78 is 20.9. The van der Waals surface area contributed by atoms with Crippen LogP contribution in [0, 0.1) is 25.6 Å². The van der Waals surface area contributed by atoms with Crippen molar-refractivity contribution < 1.29 is 28.8 Å². The van der Waals surface area contributed by atoms with Crippen molar-refractivity contribution in [1.82, 2.24) is 0 Å². The van der Waals surface area contributed by atoms with Crippen LogP contribution in [0.5, 0.6) is 23.0 Å². The molecule has 2 rings (SSSR count). The Balaban J connectivity index is 2.60. The van der Waals surface area contributed by atoms with E-state index in [-0.39, 0.29) is 57.6 Å². The standard InChI is InChI=1S/C24H30N4O8/c1-33-21-11-16(19(27(29)30)13-23(21)35-3)9-15(7-5-6-8-25)18(26)10-17-12-22(34-2)24(36-4)14-20(17)28(31)32/h9,11-14,26H,5-8,10,25H2,1-4H3. The molecule has 0 amide bonds. The lowest BCUT2D eigenvalue weighted by Gasteiger charge is -2.14. The summed E-state index contributed by atoms with van der Waals surface area (Å²) in [4.78, 5) is 22.4. The minimum absolute atomic E-state index is 0.0615. The van der Waals surface area contributed by atoms with Crippen LogP contribution in [0.1, 0.15) is 30.4 Å². The third kappa shape index (κ3) is 6.69. The van der Waals surface area contributed by atoms with Crippen molar-refractivity contribution in [3.8, 4) is 23.0 Å². The summed E-state index contributed by atoms with van der Waals surface area (Å²) in [6, 6.07) is 5.43. The van der Waals surface area contributed by atoms with E-state index >= 15 is 0 Å². The highest BCUT2D eigenvalue weighted by Gasteiger charge is 2.23. The smallest absolute Gasteiger partial charge is 0.280 e. The van der Waals surface area contributed by atoms with Crippen molar-refractivity contribution in [2.24, 2.45) is 5.73 Å². The number of ether oxygens (including phenoxy) is 4. The number of nitro benzene ring substituents is 2. The highest BCUT2D eigenvalue weighted by molar-refractivity contribution is 6.03. The lowest BCUT2D eigenvalue weighted by Crippen LogP contribution is -2.10. The summed E-state index contributed by atoms with van der Waals surface area (Å²) in [6.45, 7) is 0.443. The second-order valence-corrected chi connectivity index (χ2v) is 7.69. The van der Waals surface area contributed by atoms with Crippen LogP contribution in [0.25, 0.3) is 6.08 Å². The first-order valence-electron chi connectivity index (χ1n) is 11.0. The molecule has 0 unspecified atom stereocenters. The molecule has 12 nitrogen and oxygen atoms in total. The zero-order valence-corrected chi connectivity index (χ0v) is 20.7. The lowest BCUT2D eigenvalue weighted by molar-refractivity contribution is -0.385. The van der Waals surface area contributed by atoms with Gasteiger partial charge in [0.1, 0.15) is 0 Å². The summed E-state index contributed by atoms with van der Waals surface area (Å²) >= 11 is 0. The van der Waals surface area contributed by atoms with Gasteiger partial charge in [-0.2, -0.15) is 0 Å². The SMILES string of the molecule is COc1cc(C=C(CCCCN)C(=N)Cc2cc(OC)c(OC)cc2[N+](=O)[O-])c([N+](=O)[O-])cc1OC. The molecule has 0 aromatic heterocycles. The number of nitrogens with one attached hydrogen (secondary N) is 1. The van der Waals surface area contributed by atoms with E-state index in [0.29, 0.717) is 31.4 Å². The molecule has 0 spiro atoms. The molecule has 2 aromatic carbocycles. The molecule has 0 heterocycles. The molecule has 0 aliphatic rings. The average molecular weight is 503 g/mol. The molecular weight excluding hydrogens is 472 g/mol. The molecule has 2 aromatic rings. The van der Waals surface area contributed by atoms with Gasteiger partial charge in [-0.25, -0.2) is 0 Å². The first-order valence-corrected chi connectivity index (χ1v) is 11.0. The van der Waals surface area contributed by atoms with Crippen LogP contribution in [0.4, 0.5) is 11.4 Å². The van der Waals surface area contributed by atoms with Gasteiger partial charge < -0.3 is 30.1 Å². The van der Waals surface area contributed by atoms with E-state index in [1.165, 1.54) is 58.8 Å². The molecule has 12 heteroatoms. The summed E-state index contributed by atoms with van der Waals surface area (Å²) in [6.07, 6.45) is 3.12. The second kappa shape index (κ2) is 13.0. The van der Waals surface area contributed by atoms with Gasteiger partial charge in [0.15, 0.2) is 23.0 Å². The summed E-state index contributed by atoms with van der Waals surface area (Å²) in [5.41, 5.74) is 6.16. The van der Waals surface area contributed by atoms with Crippen LogP contribution < -0.4 is 24.7 Å². The van der Waals surface area contributed by atoms with Crippen molar-refractivity contribution in [3.05, 3.63) is 61.2 Å². The van der Waals surface area contributed by atoms with Crippen LogP contribution in [0.3, 0.4) is 0 Å². The highest BCUT2D eigenvalue weighted by Crippen LogP contribution is 2.37. The Labute approximate surface area is 208 Å². The number of hydrogen-bond acceptors (Lipinski definition) is 10. The van der Waals surface area contributed by atoms with E-state index in [1.54, 1.807) is 0 Å². The van der Waals surface area contributed by atoms with E-state index in [4.69, 9.17) is 30.1 Å². The quantitative estimate of drug-likeness (QED) is 0.165. The fourth-order valence-corrected chi connectivity index (χ4v) is 3.64. The number of allylic oxidation sites excluding steroid dienone is 1. The van der Waals surface area contributed by atoms with Gasteiger partial charge >= 0.3 is 0 Å². The highest BCUT2D eigenvalue weighted by atomic mass is 16.6. The van der Waals surface area contributed by atoms with Gasteiger partial charge in [-0.3, -0.25) is 20.2 Å². The van der Waals surface area contributed by atoms with Crippen LogP contribution >= 0.6 is 0 Å². The molecule has 194 valence electrons. The Hall–Kier alpha value is -4.19. The molecule has 36 heavy (non-hydrogen) atoms. The van der Waals surface area contributed by atoms with Crippen LogP contribution in [0.15, 0.2) is 29.8 Å². The van der Waals surface area contributed by atoms with E-state index < -0.39 is 9.85 Å². The van der Waals surface area contributed by atoms with Gasteiger partial charge in [0.05, 0.1) is 56.0 Å². The minimum atomic E-state index is -0.554.